The molecule has 1 aliphatic rings. The molecule has 0 spiro atoms. The lowest BCUT2D eigenvalue weighted by atomic mass is 10.1. The number of halogens is 1. The molecule has 0 aromatic heterocycles. The van der Waals surface area contributed by atoms with E-state index in [0.29, 0.717) is 35.7 Å². The second kappa shape index (κ2) is 7.39. The lowest BCUT2D eigenvalue weighted by Crippen LogP contribution is -2.32. The van der Waals surface area contributed by atoms with Crippen molar-refractivity contribution in [1.29, 1.82) is 0 Å². The largest absolute Gasteiger partial charge is 0.491 e. The predicted octanol–water partition coefficient (Wildman–Crippen LogP) is 3.01. The maximum Gasteiger partial charge on any atom is 0.254 e. The number of hydrogen-bond donors (Lipinski definition) is 0. The number of rotatable bonds is 3. The third kappa shape index (κ3) is 3.59. The van der Waals surface area contributed by atoms with E-state index < -0.39 is 0 Å². The van der Waals surface area contributed by atoms with Crippen LogP contribution in [0.25, 0.3) is 0 Å². The van der Waals surface area contributed by atoms with E-state index in [2.05, 4.69) is 6.58 Å². The van der Waals surface area contributed by atoms with E-state index in [1.54, 1.807) is 42.3 Å². The van der Waals surface area contributed by atoms with Gasteiger partial charge in [0.2, 0.25) is 5.91 Å². The molecule has 0 saturated heterocycles. The van der Waals surface area contributed by atoms with E-state index >= 15 is 0 Å². The van der Waals surface area contributed by atoms with E-state index in [1.165, 1.54) is 23.1 Å². The van der Waals surface area contributed by atoms with Crippen LogP contribution < -0.4 is 9.64 Å². The SMILES string of the molecule is C=CC(=O)N(C)c1ccc(C(=O)N2CCOc3ccc(F)cc3C2)cc1. The average molecular weight is 354 g/mol. The number of ether oxygens (including phenoxy) is 1. The topological polar surface area (TPSA) is 49.9 Å². The first-order valence-corrected chi connectivity index (χ1v) is 8.20. The molecule has 0 unspecified atom stereocenters. The van der Waals surface area contributed by atoms with Crippen LogP contribution in [0.2, 0.25) is 0 Å². The van der Waals surface area contributed by atoms with Crippen molar-refractivity contribution in [1.82, 2.24) is 4.90 Å². The second-order valence-electron chi connectivity index (χ2n) is 5.98. The molecule has 2 aromatic rings. The maximum absolute atomic E-state index is 13.5. The van der Waals surface area contributed by atoms with Crippen molar-refractivity contribution in [2.75, 3.05) is 25.1 Å². The van der Waals surface area contributed by atoms with Crippen LogP contribution in [-0.2, 0) is 11.3 Å². The smallest absolute Gasteiger partial charge is 0.254 e. The monoisotopic (exact) mass is 354 g/mol. The summed E-state index contributed by atoms with van der Waals surface area (Å²) in [5.41, 5.74) is 1.80. The van der Waals surface area contributed by atoms with Crippen LogP contribution >= 0.6 is 0 Å². The molecule has 6 heteroatoms. The Balaban J connectivity index is 1.78. The van der Waals surface area contributed by atoms with Gasteiger partial charge in [0.05, 0.1) is 6.54 Å². The summed E-state index contributed by atoms with van der Waals surface area (Å²) in [5.74, 6) is -0.162. The summed E-state index contributed by atoms with van der Waals surface area (Å²) in [5, 5.41) is 0. The van der Waals surface area contributed by atoms with Gasteiger partial charge in [-0.15, -0.1) is 0 Å². The molecule has 1 aliphatic heterocycles. The fraction of sp³-hybridized carbons (Fsp3) is 0.200. The molecule has 2 amide bonds. The van der Waals surface area contributed by atoms with Gasteiger partial charge in [-0.3, -0.25) is 9.59 Å². The number of fused-ring (bicyclic) bond motifs is 1. The highest BCUT2D eigenvalue weighted by molar-refractivity contribution is 6.01. The van der Waals surface area contributed by atoms with E-state index in [1.807, 2.05) is 0 Å². The van der Waals surface area contributed by atoms with E-state index in [4.69, 9.17) is 4.74 Å². The Kier molecular flexibility index (Phi) is 5.02. The Morgan fingerprint density at radius 2 is 1.96 bits per heavy atom. The van der Waals surface area contributed by atoms with Gasteiger partial charge in [-0.1, -0.05) is 6.58 Å². The van der Waals surface area contributed by atoms with Crippen LogP contribution in [-0.4, -0.2) is 36.9 Å². The van der Waals surface area contributed by atoms with Crippen molar-refractivity contribution in [2.45, 2.75) is 6.54 Å². The van der Waals surface area contributed by atoms with Gasteiger partial charge < -0.3 is 14.5 Å². The average Bonchev–Trinajstić information content (AvgIpc) is 2.88. The van der Waals surface area contributed by atoms with Gasteiger partial charge in [0.25, 0.3) is 5.91 Å². The summed E-state index contributed by atoms with van der Waals surface area (Å²) in [6.45, 7) is 4.49. The first-order valence-electron chi connectivity index (χ1n) is 8.20. The molecule has 0 radical (unpaired) electrons. The quantitative estimate of drug-likeness (QED) is 0.796. The highest BCUT2D eigenvalue weighted by Crippen LogP contribution is 2.25. The lowest BCUT2D eigenvalue weighted by Gasteiger charge is -2.21. The van der Waals surface area contributed by atoms with Crippen molar-refractivity contribution in [3.8, 4) is 5.75 Å². The highest BCUT2D eigenvalue weighted by Gasteiger charge is 2.21. The van der Waals surface area contributed by atoms with E-state index in [9.17, 15) is 14.0 Å². The first kappa shape index (κ1) is 17.7. The third-order valence-electron chi connectivity index (χ3n) is 4.30. The number of benzene rings is 2. The molecule has 0 N–H and O–H groups in total. The molecule has 3 rings (SSSR count). The minimum Gasteiger partial charge on any atom is -0.491 e. The predicted molar refractivity (Wildman–Crippen MR) is 96.7 cm³/mol. The lowest BCUT2D eigenvalue weighted by molar-refractivity contribution is -0.113. The molecular formula is C20H19FN2O3. The first-order chi connectivity index (χ1) is 12.5. The number of hydrogen-bond acceptors (Lipinski definition) is 3. The van der Waals surface area contributed by atoms with E-state index in [-0.39, 0.29) is 24.2 Å². The number of likely N-dealkylation sites (N-methyl/N-ethyl adjacent to an activating group) is 1. The number of nitrogens with zero attached hydrogens (tertiary/aromatic N) is 2. The second-order valence-corrected chi connectivity index (χ2v) is 5.98. The Labute approximate surface area is 151 Å². The number of carbonyl (C=O) groups excluding carboxylic acids is 2. The van der Waals surface area contributed by atoms with Crippen LogP contribution in [0.15, 0.2) is 55.1 Å². The Bertz CT molecular complexity index is 849. The van der Waals surface area contributed by atoms with Crippen LogP contribution in [0.1, 0.15) is 15.9 Å². The maximum atomic E-state index is 13.5. The van der Waals surface area contributed by atoms with Gasteiger partial charge in [-0.2, -0.15) is 0 Å². The Morgan fingerprint density at radius 1 is 1.23 bits per heavy atom. The van der Waals surface area contributed by atoms with Crippen molar-refractivity contribution in [3.63, 3.8) is 0 Å². The molecule has 0 bridgehead atoms. The molecular weight excluding hydrogens is 335 g/mol. The molecule has 0 fully saturated rings. The summed E-state index contributed by atoms with van der Waals surface area (Å²) >= 11 is 0. The summed E-state index contributed by atoms with van der Waals surface area (Å²) in [6, 6.07) is 11.1. The van der Waals surface area contributed by atoms with Gasteiger partial charge in [0.1, 0.15) is 18.2 Å². The normalized spacial score (nSPS) is 13.2. The fourth-order valence-corrected chi connectivity index (χ4v) is 2.81. The Morgan fingerprint density at radius 3 is 2.65 bits per heavy atom. The summed E-state index contributed by atoms with van der Waals surface area (Å²) in [6.07, 6.45) is 1.23. The van der Waals surface area contributed by atoms with Crippen LogP contribution in [0.5, 0.6) is 5.75 Å². The summed E-state index contributed by atoms with van der Waals surface area (Å²) in [4.78, 5) is 27.5. The zero-order valence-corrected chi connectivity index (χ0v) is 14.4. The van der Waals surface area contributed by atoms with Crippen molar-refractivity contribution >= 4 is 17.5 Å². The van der Waals surface area contributed by atoms with Gasteiger partial charge in [0.15, 0.2) is 0 Å². The third-order valence-corrected chi connectivity index (χ3v) is 4.30. The van der Waals surface area contributed by atoms with Gasteiger partial charge >= 0.3 is 0 Å². The van der Waals surface area contributed by atoms with Crippen molar-refractivity contribution in [3.05, 3.63) is 72.1 Å². The van der Waals surface area contributed by atoms with Crippen LogP contribution in [0.4, 0.5) is 10.1 Å². The zero-order valence-electron chi connectivity index (χ0n) is 14.4. The number of amides is 2. The van der Waals surface area contributed by atoms with E-state index in [0.717, 1.165) is 0 Å². The molecule has 5 nitrogen and oxygen atoms in total. The van der Waals surface area contributed by atoms with Gasteiger partial charge in [0, 0.05) is 30.4 Å². The Hall–Kier alpha value is -3.15. The van der Waals surface area contributed by atoms with Gasteiger partial charge in [-0.25, -0.2) is 4.39 Å². The fourth-order valence-electron chi connectivity index (χ4n) is 2.81. The molecule has 2 aromatic carbocycles. The molecule has 26 heavy (non-hydrogen) atoms. The molecule has 0 aliphatic carbocycles. The van der Waals surface area contributed by atoms with Crippen molar-refractivity contribution in [2.24, 2.45) is 0 Å². The molecule has 1 heterocycles. The minimum atomic E-state index is -0.360. The van der Waals surface area contributed by atoms with Crippen LogP contribution in [0, 0.1) is 5.82 Å². The summed E-state index contributed by atoms with van der Waals surface area (Å²) in [7, 11) is 1.64. The van der Waals surface area contributed by atoms with Gasteiger partial charge in [-0.05, 0) is 48.5 Å². The van der Waals surface area contributed by atoms with Crippen molar-refractivity contribution < 1.29 is 18.7 Å². The zero-order chi connectivity index (χ0) is 18.7. The molecule has 134 valence electrons. The summed E-state index contributed by atoms with van der Waals surface area (Å²) < 4.78 is 19.1. The number of carbonyl (C=O) groups is 2. The number of anilines is 1. The molecule has 0 atom stereocenters. The highest BCUT2D eigenvalue weighted by atomic mass is 19.1. The standard InChI is InChI=1S/C20H19FN2O3/c1-3-19(24)22(2)17-7-4-14(5-8-17)20(25)23-10-11-26-18-9-6-16(21)12-15(18)13-23/h3-9,12H,1,10-11,13H2,2H3. The molecule has 0 saturated carbocycles. The minimum absolute atomic E-state index is 0.171. The van der Waals surface area contributed by atoms with Crippen LogP contribution in [0.3, 0.4) is 0 Å².